The lowest BCUT2D eigenvalue weighted by molar-refractivity contribution is -0.115. The molecule has 32 heavy (non-hydrogen) atoms. The molecule has 3 aromatic heterocycles. The van der Waals surface area contributed by atoms with E-state index >= 15 is 0 Å². The molecule has 0 aliphatic carbocycles. The summed E-state index contributed by atoms with van der Waals surface area (Å²) in [4.78, 5) is 18.1. The molecule has 1 amide bonds. The highest BCUT2D eigenvalue weighted by Gasteiger charge is 2.21. The van der Waals surface area contributed by atoms with E-state index in [1.807, 2.05) is 28.0 Å². The van der Waals surface area contributed by atoms with Crippen molar-refractivity contribution in [3.8, 4) is 0 Å². The van der Waals surface area contributed by atoms with Crippen molar-refractivity contribution in [2.24, 2.45) is 0 Å². The smallest absolute Gasteiger partial charge is 0.230 e. The molecule has 3 heterocycles. The summed E-state index contributed by atoms with van der Waals surface area (Å²) in [6.45, 7) is 3.47. The SMILES string of the molecule is CC(=O)N(c1nc(CSc2nnc3cc(C)c4ccccc4n23)cs1)c1ccccc1F. The fourth-order valence-electron chi connectivity index (χ4n) is 3.61. The largest absolute Gasteiger partial charge is 0.274 e. The number of thiazole rings is 1. The summed E-state index contributed by atoms with van der Waals surface area (Å²) in [5.74, 6) is -0.220. The zero-order valence-corrected chi connectivity index (χ0v) is 19.0. The average molecular weight is 464 g/mol. The van der Waals surface area contributed by atoms with Gasteiger partial charge in [-0.1, -0.05) is 42.1 Å². The predicted octanol–water partition coefficient (Wildman–Crippen LogP) is 5.76. The number of fused-ring (bicyclic) bond motifs is 3. The van der Waals surface area contributed by atoms with Crippen molar-refractivity contribution in [3.05, 3.63) is 77.1 Å². The zero-order chi connectivity index (χ0) is 22.2. The summed E-state index contributed by atoms with van der Waals surface area (Å²) in [7, 11) is 0. The number of para-hydroxylation sites is 2. The van der Waals surface area contributed by atoms with Gasteiger partial charge < -0.3 is 0 Å². The molecule has 0 spiro atoms. The summed E-state index contributed by atoms with van der Waals surface area (Å²) in [6.07, 6.45) is 0. The first-order valence-electron chi connectivity index (χ1n) is 9.89. The number of carbonyl (C=O) groups is 1. The number of nitrogens with zero attached hydrogens (tertiary/aromatic N) is 5. The van der Waals surface area contributed by atoms with E-state index in [4.69, 9.17) is 0 Å². The van der Waals surface area contributed by atoms with Gasteiger partial charge in [0.2, 0.25) is 5.91 Å². The van der Waals surface area contributed by atoms with Crippen LogP contribution in [0.5, 0.6) is 0 Å². The van der Waals surface area contributed by atoms with E-state index in [1.165, 1.54) is 41.0 Å². The van der Waals surface area contributed by atoms with Crippen molar-refractivity contribution in [1.29, 1.82) is 0 Å². The molecule has 2 aromatic carbocycles. The van der Waals surface area contributed by atoms with Crippen LogP contribution in [0, 0.1) is 12.7 Å². The highest BCUT2D eigenvalue weighted by molar-refractivity contribution is 7.98. The van der Waals surface area contributed by atoms with Crippen LogP contribution in [-0.2, 0) is 10.5 Å². The van der Waals surface area contributed by atoms with Crippen molar-refractivity contribution < 1.29 is 9.18 Å². The van der Waals surface area contributed by atoms with Crippen LogP contribution in [0.25, 0.3) is 16.6 Å². The Morgan fingerprint density at radius 3 is 2.75 bits per heavy atom. The van der Waals surface area contributed by atoms with Crippen molar-refractivity contribution in [3.63, 3.8) is 0 Å². The van der Waals surface area contributed by atoms with E-state index in [1.54, 1.807) is 18.2 Å². The summed E-state index contributed by atoms with van der Waals surface area (Å²) >= 11 is 2.82. The molecule has 0 aliphatic heterocycles. The van der Waals surface area contributed by atoms with Crippen molar-refractivity contribution >= 4 is 56.4 Å². The van der Waals surface area contributed by atoms with Crippen molar-refractivity contribution in [2.45, 2.75) is 24.8 Å². The highest BCUT2D eigenvalue weighted by Crippen LogP contribution is 2.33. The predicted molar refractivity (Wildman–Crippen MR) is 126 cm³/mol. The fraction of sp³-hybridized carbons (Fsp3) is 0.130. The number of rotatable bonds is 5. The van der Waals surface area contributed by atoms with Crippen molar-refractivity contribution in [2.75, 3.05) is 4.90 Å². The van der Waals surface area contributed by atoms with E-state index in [0.29, 0.717) is 10.9 Å². The van der Waals surface area contributed by atoms with E-state index in [2.05, 4.69) is 34.2 Å². The van der Waals surface area contributed by atoms with Gasteiger partial charge in [0.1, 0.15) is 5.82 Å². The van der Waals surface area contributed by atoms with Gasteiger partial charge in [-0.2, -0.15) is 0 Å². The van der Waals surface area contributed by atoms with Gasteiger partial charge in [-0.15, -0.1) is 21.5 Å². The van der Waals surface area contributed by atoms with Gasteiger partial charge in [0, 0.05) is 23.4 Å². The monoisotopic (exact) mass is 463 g/mol. The summed E-state index contributed by atoms with van der Waals surface area (Å²) in [5.41, 5.74) is 3.98. The minimum Gasteiger partial charge on any atom is -0.274 e. The number of aryl methyl sites for hydroxylation is 1. The maximum Gasteiger partial charge on any atom is 0.230 e. The number of halogens is 1. The number of hydrogen-bond donors (Lipinski definition) is 0. The maximum absolute atomic E-state index is 14.3. The normalized spacial score (nSPS) is 11.3. The molecule has 160 valence electrons. The van der Waals surface area contributed by atoms with Gasteiger partial charge in [0.25, 0.3) is 0 Å². The minimum absolute atomic E-state index is 0.193. The lowest BCUT2D eigenvalue weighted by Crippen LogP contribution is -2.23. The average Bonchev–Trinajstić information content (AvgIpc) is 3.41. The van der Waals surface area contributed by atoms with E-state index in [-0.39, 0.29) is 11.6 Å². The Morgan fingerprint density at radius 2 is 1.94 bits per heavy atom. The Bertz CT molecular complexity index is 1460. The molecule has 0 fully saturated rings. The van der Waals surface area contributed by atoms with Crippen LogP contribution >= 0.6 is 23.1 Å². The first kappa shape index (κ1) is 20.6. The number of benzene rings is 2. The van der Waals surface area contributed by atoms with Crippen LogP contribution in [-0.4, -0.2) is 25.5 Å². The molecule has 0 bridgehead atoms. The van der Waals surface area contributed by atoms with Crippen LogP contribution in [0.2, 0.25) is 0 Å². The Labute approximate surface area is 191 Å². The molecule has 0 saturated carbocycles. The van der Waals surface area contributed by atoms with E-state index < -0.39 is 5.82 Å². The van der Waals surface area contributed by atoms with Crippen LogP contribution in [0.15, 0.2) is 65.1 Å². The lowest BCUT2D eigenvalue weighted by atomic mass is 10.1. The van der Waals surface area contributed by atoms with Gasteiger partial charge in [0.15, 0.2) is 15.9 Å². The Morgan fingerprint density at radius 1 is 1.16 bits per heavy atom. The maximum atomic E-state index is 14.3. The molecule has 0 unspecified atom stereocenters. The number of aromatic nitrogens is 4. The number of pyridine rings is 1. The fourth-order valence-corrected chi connectivity index (χ4v) is 5.44. The summed E-state index contributed by atoms with van der Waals surface area (Å²) in [6, 6.07) is 16.4. The molecule has 0 atom stereocenters. The molecule has 9 heteroatoms. The summed E-state index contributed by atoms with van der Waals surface area (Å²) in [5, 5.41) is 12.9. The number of anilines is 2. The Balaban J connectivity index is 1.44. The summed E-state index contributed by atoms with van der Waals surface area (Å²) < 4.78 is 16.3. The van der Waals surface area contributed by atoms with Crippen molar-refractivity contribution in [1.82, 2.24) is 19.6 Å². The number of amides is 1. The van der Waals surface area contributed by atoms with Gasteiger partial charge in [0.05, 0.1) is 16.9 Å². The van der Waals surface area contributed by atoms with Gasteiger partial charge >= 0.3 is 0 Å². The topological polar surface area (TPSA) is 63.4 Å². The standard InChI is InChI=1S/C23H18FN5OS2/c1-14-11-21-26-27-23(29(21)19-9-5-3-7-17(14)19)32-13-16-12-31-22(25-16)28(15(2)30)20-10-6-4-8-18(20)24/h3-12H,13H2,1-2H3. The molecule has 0 radical (unpaired) electrons. The van der Waals surface area contributed by atoms with E-state index in [9.17, 15) is 9.18 Å². The van der Waals surface area contributed by atoms with Crippen LogP contribution in [0.1, 0.15) is 18.2 Å². The Hall–Kier alpha value is -3.30. The van der Waals surface area contributed by atoms with Gasteiger partial charge in [-0.3, -0.25) is 14.1 Å². The Kier molecular flexibility index (Phi) is 5.36. The molecule has 6 nitrogen and oxygen atoms in total. The highest BCUT2D eigenvalue weighted by atomic mass is 32.2. The molecular formula is C23H18FN5OS2. The van der Waals surface area contributed by atoms with Gasteiger partial charge in [-0.25, -0.2) is 9.37 Å². The van der Waals surface area contributed by atoms with Crippen LogP contribution in [0.3, 0.4) is 0 Å². The quantitative estimate of drug-likeness (QED) is 0.310. The second kappa shape index (κ2) is 8.33. The third kappa shape index (κ3) is 3.63. The number of thioether (sulfide) groups is 1. The number of carbonyl (C=O) groups excluding carboxylic acids is 1. The zero-order valence-electron chi connectivity index (χ0n) is 17.3. The molecule has 0 aliphatic rings. The molecule has 0 saturated heterocycles. The second-order valence-corrected chi connectivity index (χ2v) is 9.02. The number of hydrogen-bond acceptors (Lipinski definition) is 6. The van der Waals surface area contributed by atoms with Crippen LogP contribution < -0.4 is 4.90 Å². The third-order valence-corrected chi connectivity index (χ3v) is 6.90. The minimum atomic E-state index is -0.467. The van der Waals surface area contributed by atoms with Gasteiger partial charge in [-0.05, 0) is 36.8 Å². The third-order valence-electron chi connectivity index (χ3n) is 5.06. The lowest BCUT2D eigenvalue weighted by Gasteiger charge is -2.18. The first-order valence-corrected chi connectivity index (χ1v) is 11.8. The molecule has 5 aromatic rings. The van der Waals surface area contributed by atoms with E-state index in [0.717, 1.165) is 33.0 Å². The first-order chi connectivity index (χ1) is 15.5. The molecule has 5 rings (SSSR count). The molecular weight excluding hydrogens is 445 g/mol. The van der Waals surface area contributed by atoms with Crippen LogP contribution in [0.4, 0.5) is 15.2 Å². The second-order valence-electron chi connectivity index (χ2n) is 7.24. The molecule has 0 N–H and O–H groups in total.